The molecule has 1 rings (SSSR count). The summed E-state index contributed by atoms with van der Waals surface area (Å²) >= 11 is 0. The highest BCUT2D eigenvalue weighted by Crippen LogP contribution is 2.46. The smallest absolute Gasteiger partial charge is 0.450 e. The van der Waals surface area contributed by atoms with Crippen LogP contribution in [-0.2, 0) is 19.1 Å². The van der Waals surface area contributed by atoms with Crippen molar-refractivity contribution in [3.63, 3.8) is 0 Å². The third kappa shape index (κ3) is 10.7. The predicted molar refractivity (Wildman–Crippen MR) is 150 cm³/mol. The lowest BCUT2D eigenvalue weighted by molar-refractivity contribution is -0.345. The second kappa shape index (κ2) is 15.5. The normalized spacial score (nSPS) is 18.4. The predicted octanol–water partition coefficient (Wildman–Crippen LogP) is 9.27. The molecule has 0 spiro atoms. The van der Waals surface area contributed by atoms with E-state index in [1.165, 1.54) is 12.8 Å². The minimum atomic E-state index is -5.96. The average molecular weight is 605 g/mol. The summed E-state index contributed by atoms with van der Waals surface area (Å²) in [6, 6.07) is 0. The molecule has 1 fully saturated rings. The minimum Gasteiger partial charge on any atom is -0.458 e. The van der Waals surface area contributed by atoms with E-state index in [1.54, 1.807) is 0 Å². The highest BCUT2D eigenvalue weighted by atomic mass is 19.4. The van der Waals surface area contributed by atoms with E-state index in [-0.39, 0.29) is 30.3 Å². The fraction of sp³-hybridized carbons (Fsp3) is 0.625. The molecule has 0 saturated heterocycles. The number of carbonyl (C=O) groups is 2. The molecular formula is C32H42F6O4. The van der Waals surface area contributed by atoms with Crippen molar-refractivity contribution in [3.8, 4) is 11.8 Å². The van der Waals surface area contributed by atoms with Crippen LogP contribution in [0.5, 0.6) is 0 Å². The third-order valence-corrected chi connectivity index (χ3v) is 7.16. The van der Waals surface area contributed by atoms with Gasteiger partial charge in [0.05, 0.1) is 0 Å². The quantitative estimate of drug-likeness (QED) is 0.102. The van der Waals surface area contributed by atoms with Gasteiger partial charge in [-0.3, -0.25) is 9.59 Å². The summed E-state index contributed by atoms with van der Waals surface area (Å²) < 4.78 is 89.7. The van der Waals surface area contributed by atoms with Gasteiger partial charge in [-0.25, -0.2) is 0 Å². The van der Waals surface area contributed by atoms with E-state index in [0.717, 1.165) is 60.8 Å². The van der Waals surface area contributed by atoms with Crippen molar-refractivity contribution >= 4 is 11.9 Å². The number of hydrogen-bond acceptors (Lipinski definition) is 4. The van der Waals surface area contributed by atoms with Gasteiger partial charge >= 0.3 is 29.9 Å². The maximum atomic E-state index is 13.4. The second-order valence-electron chi connectivity index (χ2n) is 11.2. The van der Waals surface area contributed by atoms with Crippen LogP contribution >= 0.6 is 0 Å². The Morgan fingerprint density at radius 2 is 1.64 bits per heavy atom. The molecule has 0 amide bonds. The van der Waals surface area contributed by atoms with Crippen molar-refractivity contribution in [1.29, 1.82) is 0 Å². The summed E-state index contributed by atoms with van der Waals surface area (Å²) in [4.78, 5) is 22.5. The molecule has 0 aromatic heterocycles. The molecule has 10 heteroatoms. The van der Waals surface area contributed by atoms with Crippen molar-refractivity contribution < 1.29 is 45.4 Å². The van der Waals surface area contributed by atoms with E-state index >= 15 is 0 Å². The summed E-state index contributed by atoms with van der Waals surface area (Å²) in [5, 5.41) is 0. The van der Waals surface area contributed by atoms with Crippen molar-refractivity contribution in [2.75, 3.05) is 0 Å². The van der Waals surface area contributed by atoms with Crippen LogP contribution < -0.4 is 0 Å². The fourth-order valence-electron chi connectivity index (χ4n) is 4.84. The van der Waals surface area contributed by atoms with E-state index in [1.807, 2.05) is 51.8 Å². The van der Waals surface area contributed by atoms with Gasteiger partial charge < -0.3 is 9.47 Å². The zero-order chi connectivity index (χ0) is 32.4. The number of ether oxygens (including phenoxy) is 2. The summed E-state index contributed by atoms with van der Waals surface area (Å²) in [6.45, 7) is 13.8. The van der Waals surface area contributed by atoms with E-state index in [9.17, 15) is 35.9 Å². The number of esters is 2. The van der Waals surface area contributed by atoms with E-state index < -0.39 is 23.9 Å². The Morgan fingerprint density at radius 3 is 2.17 bits per heavy atom. The molecule has 236 valence electrons. The Bertz CT molecular complexity index is 1110. The van der Waals surface area contributed by atoms with Gasteiger partial charge in [-0.05, 0) is 80.8 Å². The summed E-state index contributed by atoms with van der Waals surface area (Å²) in [7, 11) is 0. The Balaban J connectivity index is 2.91. The van der Waals surface area contributed by atoms with Gasteiger partial charge in [0.1, 0.15) is 6.10 Å². The number of rotatable bonds is 11. The maximum absolute atomic E-state index is 13.4. The first-order valence-electron chi connectivity index (χ1n) is 14.0. The van der Waals surface area contributed by atoms with Crippen LogP contribution in [-0.4, -0.2) is 36.0 Å². The van der Waals surface area contributed by atoms with Crippen LogP contribution in [0, 0.1) is 17.3 Å². The second-order valence-corrected chi connectivity index (χ2v) is 11.2. The molecule has 1 aliphatic rings. The molecular weight excluding hydrogens is 562 g/mol. The number of carbonyl (C=O) groups excluding carboxylic acids is 2. The van der Waals surface area contributed by atoms with E-state index in [0.29, 0.717) is 13.3 Å². The molecule has 0 aromatic carbocycles. The summed E-state index contributed by atoms with van der Waals surface area (Å²) in [6.07, 6.45) is -0.872. The molecule has 0 heterocycles. The molecule has 1 atom stereocenters. The molecule has 0 radical (unpaired) electrons. The maximum Gasteiger partial charge on any atom is 0.450 e. The molecule has 1 aliphatic carbocycles. The molecule has 42 heavy (non-hydrogen) atoms. The van der Waals surface area contributed by atoms with Gasteiger partial charge in [-0.2, -0.15) is 26.3 Å². The molecule has 0 unspecified atom stereocenters. The van der Waals surface area contributed by atoms with Crippen molar-refractivity contribution in [2.24, 2.45) is 5.41 Å². The van der Waals surface area contributed by atoms with E-state index in [2.05, 4.69) is 11.3 Å². The number of allylic oxidation sites excluding steroid dienone is 5. The van der Waals surface area contributed by atoms with Crippen LogP contribution in [0.2, 0.25) is 0 Å². The molecule has 0 N–H and O–H groups in total. The number of alkyl halides is 6. The summed E-state index contributed by atoms with van der Waals surface area (Å²) in [5.74, 6) is 1.11. The van der Waals surface area contributed by atoms with Crippen LogP contribution in [0.4, 0.5) is 26.3 Å². The molecule has 1 saturated carbocycles. The monoisotopic (exact) mass is 604 g/mol. The largest absolute Gasteiger partial charge is 0.458 e. The van der Waals surface area contributed by atoms with Crippen LogP contribution in [0.15, 0.2) is 47.1 Å². The number of hydrogen-bond donors (Lipinski definition) is 0. The summed E-state index contributed by atoms with van der Waals surface area (Å²) in [5.41, 5.74) is -1.36. The molecule has 0 aromatic rings. The fourth-order valence-corrected chi connectivity index (χ4v) is 4.84. The zero-order valence-corrected chi connectivity index (χ0v) is 25.3. The lowest BCUT2D eigenvalue weighted by Gasteiger charge is -2.31. The standard InChI is InChI=1S/C32H42F6O4/c1-8-13-27(16-9-10-21-30(31(33,34)35,32(36,37)38)42-25(5)40)29(6,7)20-12-14-22(2)18-19-26-15-11-17-28(23(26)3)41-24(4)39/h13,18-19,28H,3,8-9,11-12,14-17,20H2,1-2,4-7H3/b22-18-,26-19-,27-13-/t28-/m0/s1. The highest BCUT2D eigenvalue weighted by molar-refractivity contribution is 5.67. The lowest BCUT2D eigenvalue weighted by Crippen LogP contribution is -2.58. The first kappa shape index (κ1) is 37.1. The first-order chi connectivity index (χ1) is 19.3. The zero-order valence-electron chi connectivity index (χ0n) is 25.3. The van der Waals surface area contributed by atoms with Crippen molar-refractivity contribution in [1.82, 2.24) is 0 Å². The number of halogens is 6. The van der Waals surface area contributed by atoms with Crippen LogP contribution in [0.1, 0.15) is 99.3 Å². The SMILES string of the molecule is C=C1/C(=C\C=C(\C)CCCC(C)(C)/C(=C\CC)CCC#CC(OC(C)=O)(C(F)(F)F)C(F)(F)F)CCC[C@@H]1OC(C)=O. The molecule has 0 bridgehead atoms. The Labute approximate surface area is 245 Å². The molecule has 0 aliphatic heterocycles. The Morgan fingerprint density at radius 1 is 1.02 bits per heavy atom. The Hall–Kier alpha value is -2.96. The third-order valence-electron chi connectivity index (χ3n) is 7.16. The van der Waals surface area contributed by atoms with E-state index in [4.69, 9.17) is 4.74 Å². The van der Waals surface area contributed by atoms with Gasteiger partial charge in [0, 0.05) is 20.3 Å². The van der Waals surface area contributed by atoms with Crippen molar-refractivity contribution in [2.45, 2.75) is 123 Å². The Kier molecular flexibility index (Phi) is 13.7. The first-order valence-corrected chi connectivity index (χ1v) is 14.0. The lowest BCUT2D eigenvalue weighted by atomic mass is 9.77. The van der Waals surface area contributed by atoms with Gasteiger partial charge in [0.25, 0.3) is 0 Å². The topological polar surface area (TPSA) is 52.6 Å². The van der Waals surface area contributed by atoms with Gasteiger partial charge in [0.15, 0.2) is 0 Å². The van der Waals surface area contributed by atoms with Crippen molar-refractivity contribution in [3.05, 3.63) is 47.1 Å². The van der Waals surface area contributed by atoms with Gasteiger partial charge in [-0.1, -0.05) is 62.6 Å². The van der Waals surface area contributed by atoms with Crippen LogP contribution in [0.3, 0.4) is 0 Å². The minimum absolute atomic E-state index is 0.173. The van der Waals surface area contributed by atoms with Gasteiger partial charge in [-0.15, -0.1) is 0 Å². The molecule has 4 nitrogen and oxygen atoms in total. The van der Waals surface area contributed by atoms with Gasteiger partial charge in [0.2, 0.25) is 0 Å². The highest BCUT2D eigenvalue weighted by Gasteiger charge is 2.74. The van der Waals surface area contributed by atoms with Crippen LogP contribution in [0.25, 0.3) is 0 Å². The average Bonchev–Trinajstić information content (AvgIpc) is 2.83.